The Morgan fingerprint density at radius 3 is 1.29 bits per heavy atom. The van der Waals surface area contributed by atoms with E-state index in [4.69, 9.17) is 4.74 Å². The standard InChI is InChI=1S/C28H57NO2/c1-3-5-6-7-8-9-10-11-12-13-14-15-16-17-18-19-20-21-22-23-25-29-26-24-28(30)31-27-4-2/h29H,3-27H2,1-2H3. The zero-order chi connectivity index (χ0) is 22.7. The molecule has 1 N–H and O–H groups in total. The summed E-state index contributed by atoms with van der Waals surface area (Å²) in [6.07, 6.45) is 29.8. The molecule has 0 atom stereocenters. The van der Waals surface area contributed by atoms with Crippen molar-refractivity contribution in [3.63, 3.8) is 0 Å². The highest BCUT2D eigenvalue weighted by molar-refractivity contribution is 5.69. The van der Waals surface area contributed by atoms with Gasteiger partial charge in [0.2, 0.25) is 0 Å². The van der Waals surface area contributed by atoms with Crippen molar-refractivity contribution in [3.8, 4) is 0 Å². The number of carbonyl (C=O) groups excluding carboxylic acids is 1. The summed E-state index contributed by atoms with van der Waals surface area (Å²) in [5.74, 6) is -0.0714. The minimum atomic E-state index is -0.0714. The molecule has 31 heavy (non-hydrogen) atoms. The van der Waals surface area contributed by atoms with E-state index in [-0.39, 0.29) is 5.97 Å². The van der Waals surface area contributed by atoms with Crippen LogP contribution in [0.25, 0.3) is 0 Å². The van der Waals surface area contributed by atoms with Gasteiger partial charge in [-0.3, -0.25) is 4.79 Å². The number of rotatable bonds is 26. The van der Waals surface area contributed by atoms with Crippen LogP contribution in [0.5, 0.6) is 0 Å². The Morgan fingerprint density at radius 2 is 0.903 bits per heavy atom. The molecule has 0 aliphatic carbocycles. The van der Waals surface area contributed by atoms with Crippen LogP contribution >= 0.6 is 0 Å². The van der Waals surface area contributed by atoms with Crippen LogP contribution in [0.1, 0.15) is 155 Å². The molecule has 0 saturated carbocycles. The number of unbranched alkanes of at least 4 members (excludes halogenated alkanes) is 19. The molecule has 0 aromatic heterocycles. The summed E-state index contributed by atoms with van der Waals surface area (Å²) in [6, 6.07) is 0. The monoisotopic (exact) mass is 439 g/mol. The smallest absolute Gasteiger partial charge is 0.307 e. The molecule has 3 heteroatoms. The Balaban J connectivity index is 3.04. The molecule has 0 bridgehead atoms. The van der Waals surface area contributed by atoms with Gasteiger partial charge in [0.15, 0.2) is 0 Å². The maximum absolute atomic E-state index is 11.4. The van der Waals surface area contributed by atoms with Crippen LogP contribution < -0.4 is 5.32 Å². The molecule has 186 valence electrons. The van der Waals surface area contributed by atoms with E-state index in [9.17, 15) is 4.79 Å². The van der Waals surface area contributed by atoms with Crippen LogP contribution in [0.3, 0.4) is 0 Å². The summed E-state index contributed by atoms with van der Waals surface area (Å²) in [4.78, 5) is 11.4. The fraction of sp³-hybridized carbons (Fsp3) is 0.964. The van der Waals surface area contributed by atoms with Crippen LogP contribution in [0.15, 0.2) is 0 Å². The predicted molar refractivity (Wildman–Crippen MR) is 137 cm³/mol. The van der Waals surface area contributed by atoms with Crippen LogP contribution in [-0.4, -0.2) is 25.7 Å². The van der Waals surface area contributed by atoms with E-state index in [1.54, 1.807) is 0 Å². The fourth-order valence-electron chi connectivity index (χ4n) is 4.11. The number of hydrogen-bond acceptors (Lipinski definition) is 3. The lowest BCUT2D eigenvalue weighted by atomic mass is 10.0. The molecule has 0 heterocycles. The van der Waals surface area contributed by atoms with Gasteiger partial charge >= 0.3 is 5.97 Å². The first kappa shape index (κ1) is 30.4. The molecular weight excluding hydrogens is 382 g/mol. The van der Waals surface area contributed by atoms with E-state index in [0.29, 0.717) is 13.0 Å². The van der Waals surface area contributed by atoms with E-state index in [1.165, 1.54) is 128 Å². The first-order valence-corrected chi connectivity index (χ1v) is 14.2. The van der Waals surface area contributed by atoms with Gasteiger partial charge < -0.3 is 10.1 Å². The Labute approximate surface area is 195 Å². The Morgan fingerprint density at radius 1 is 0.516 bits per heavy atom. The number of nitrogens with one attached hydrogen (secondary N) is 1. The fourth-order valence-corrected chi connectivity index (χ4v) is 4.11. The van der Waals surface area contributed by atoms with Gasteiger partial charge in [0.1, 0.15) is 0 Å². The van der Waals surface area contributed by atoms with Crippen molar-refractivity contribution >= 4 is 5.97 Å². The molecular formula is C28H57NO2. The Hall–Kier alpha value is -0.570. The third-order valence-electron chi connectivity index (χ3n) is 6.18. The van der Waals surface area contributed by atoms with Gasteiger partial charge in [-0.05, 0) is 19.4 Å². The lowest BCUT2D eigenvalue weighted by Crippen LogP contribution is -2.20. The normalized spacial score (nSPS) is 11.2. The van der Waals surface area contributed by atoms with Crippen molar-refractivity contribution in [1.29, 1.82) is 0 Å². The van der Waals surface area contributed by atoms with Crippen molar-refractivity contribution in [2.24, 2.45) is 0 Å². The third kappa shape index (κ3) is 27.4. The highest BCUT2D eigenvalue weighted by Crippen LogP contribution is 2.14. The highest BCUT2D eigenvalue weighted by atomic mass is 16.5. The first-order chi connectivity index (χ1) is 15.3. The van der Waals surface area contributed by atoms with Crippen LogP contribution in [0, 0.1) is 0 Å². The Kier molecular flexibility index (Phi) is 27.0. The molecule has 0 amide bonds. The van der Waals surface area contributed by atoms with Crippen LogP contribution in [-0.2, 0) is 9.53 Å². The van der Waals surface area contributed by atoms with Gasteiger partial charge in [0, 0.05) is 6.54 Å². The van der Waals surface area contributed by atoms with Crippen molar-refractivity contribution in [3.05, 3.63) is 0 Å². The quantitative estimate of drug-likeness (QED) is 0.108. The average Bonchev–Trinajstić information content (AvgIpc) is 2.78. The minimum Gasteiger partial charge on any atom is -0.466 e. The van der Waals surface area contributed by atoms with Gasteiger partial charge in [0.25, 0.3) is 0 Å². The summed E-state index contributed by atoms with van der Waals surface area (Å²) in [6.45, 7) is 6.65. The molecule has 0 aliphatic rings. The van der Waals surface area contributed by atoms with E-state index in [2.05, 4.69) is 12.2 Å². The molecule has 0 rings (SSSR count). The molecule has 0 unspecified atom stereocenters. The molecule has 0 saturated heterocycles. The van der Waals surface area contributed by atoms with Crippen molar-refractivity contribution in [2.75, 3.05) is 19.7 Å². The number of ether oxygens (including phenoxy) is 1. The summed E-state index contributed by atoms with van der Waals surface area (Å²) in [5, 5.41) is 3.35. The second kappa shape index (κ2) is 27.5. The average molecular weight is 440 g/mol. The summed E-state index contributed by atoms with van der Waals surface area (Å²) in [7, 11) is 0. The maximum Gasteiger partial charge on any atom is 0.307 e. The van der Waals surface area contributed by atoms with Crippen LogP contribution in [0.4, 0.5) is 0 Å². The maximum atomic E-state index is 11.4. The van der Waals surface area contributed by atoms with Gasteiger partial charge in [-0.1, -0.05) is 136 Å². The van der Waals surface area contributed by atoms with Gasteiger partial charge in [0.05, 0.1) is 13.0 Å². The lowest BCUT2D eigenvalue weighted by Gasteiger charge is -2.06. The zero-order valence-electron chi connectivity index (χ0n) is 21.5. The zero-order valence-corrected chi connectivity index (χ0v) is 21.5. The van der Waals surface area contributed by atoms with Crippen molar-refractivity contribution < 1.29 is 9.53 Å². The second-order valence-corrected chi connectivity index (χ2v) is 9.44. The van der Waals surface area contributed by atoms with E-state index in [0.717, 1.165) is 19.5 Å². The molecule has 0 aromatic rings. The summed E-state index contributed by atoms with van der Waals surface area (Å²) >= 11 is 0. The molecule has 3 nitrogen and oxygen atoms in total. The number of esters is 1. The van der Waals surface area contributed by atoms with E-state index >= 15 is 0 Å². The number of hydrogen-bond donors (Lipinski definition) is 1. The van der Waals surface area contributed by atoms with Gasteiger partial charge in [-0.15, -0.1) is 0 Å². The molecule has 0 aromatic carbocycles. The SMILES string of the molecule is CCCCCCCCCCCCCCCCCCCCCCNCCC(=O)OCCC. The van der Waals surface area contributed by atoms with Crippen molar-refractivity contribution in [1.82, 2.24) is 5.32 Å². The lowest BCUT2D eigenvalue weighted by molar-refractivity contribution is -0.143. The largest absolute Gasteiger partial charge is 0.466 e. The van der Waals surface area contributed by atoms with Crippen molar-refractivity contribution in [2.45, 2.75) is 155 Å². The van der Waals surface area contributed by atoms with E-state index in [1.807, 2.05) is 6.92 Å². The van der Waals surface area contributed by atoms with Gasteiger partial charge in [-0.25, -0.2) is 0 Å². The minimum absolute atomic E-state index is 0.0714. The predicted octanol–water partition coefficient (Wildman–Crippen LogP) is 8.74. The molecule has 0 fully saturated rings. The summed E-state index contributed by atoms with van der Waals surface area (Å²) < 4.78 is 5.06. The number of carbonyl (C=O) groups is 1. The second-order valence-electron chi connectivity index (χ2n) is 9.44. The van der Waals surface area contributed by atoms with Gasteiger partial charge in [-0.2, -0.15) is 0 Å². The topological polar surface area (TPSA) is 38.3 Å². The van der Waals surface area contributed by atoms with Crippen LogP contribution in [0.2, 0.25) is 0 Å². The molecule has 0 radical (unpaired) electrons. The third-order valence-corrected chi connectivity index (χ3v) is 6.18. The highest BCUT2D eigenvalue weighted by Gasteiger charge is 2.00. The first-order valence-electron chi connectivity index (χ1n) is 14.2. The molecule has 0 aliphatic heterocycles. The van der Waals surface area contributed by atoms with E-state index < -0.39 is 0 Å². The summed E-state index contributed by atoms with van der Waals surface area (Å²) in [5.41, 5.74) is 0. The molecule has 0 spiro atoms. The Bertz CT molecular complexity index is 346.